The lowest BCUT2D eigenvalue weighted by molar-refractivity contribution is -0.152. The third kappa shape index (κ3) is 1.49. The van der Waals surface area contributed by atoms with Crippen molar-refractivity contribution in [2.24, 2.45) is 5.41 Å². The van der Waals surface area contributed by atoms with Crippen LogP contribution in [0.5, 0.6) is 5.75 Å². The van der Waals surface area contributed by atoms with Gasteiger partial charge in [0.15, 0.2) is 17.0 Å². The maximum absolute atomic E-state index is 12.3. The average molecular weight is 256 g/mol. The Morgan fingerprint density at radius 3 is 2.79 bits per heavy atom. The van der Waals surface area contributed by atoms with E-state index in [0.29, 0.717) is 5.75 Å². The van der Waals surface area contributed by atoms with Crippen molar-refractivity contribution in [3.8, 4) is 5.75 Å². The summed E-state index contributed by atoms with van der Waals surface area (Å²) in [5.74, 6) is -0.975. The minimum Gasteiger partial charge on any atom is -0.425 e. The smallest absolute Gasteiger partial charge is 0.329 e. The molecule has 2 aliphatic rings. The Labute approximate surface area is 110 Å². The van der Waals surface area contributed by atoms with Crippen LogP contribution in [0, 0.1) is 5.41 Å². The van der Waals surface area contributed by atoms with Gasteiger partial charge < -0.3 is 4.74 Å². The highest BCUT2D eigenvalue weighted by molar-refractivity contribution is 6.11. The van der Waals surface area contributed by atoms with Gasteiger partial charge in [0, 0.05) is 17.9 Å². The van der Waals surface area contributed by atoms with Gasteiger partial charge in [-0.2, -0.15) is 0 Å². The number of carbonyl (C=O) groups is 3. The number of fused-ring (bicyclic) bond motifs is 3. The number of hydrogen-bond acceptors (Lipinski definition) is 4. The van der Waals surface area contributed by atoms with E-state index in [9.17, 15) is 14.4 Å². The van der Waals surface area contributed by atoms with Gasteiger partial charge in [-0.15, -0.1) is 0 Å². The molecule has 3 rings (SSSR count). The molecule has 1 aromatic carbocycles. The minimum absolute atomic E-state index is 0.0774. The van der Waals surface area contributed by atoms with E-state index in [1.807, 2.05) is 6.07 Å². The summed E-state index contributed by atoms with van der Waals surface area (Å²) in [6, 6.07) is 7.05. The Balaban J connectivity index is 2.26. The molecule has 1 aliphatic heterocycles. The summed E-state index contributed by atoms with van der Waals surface area (Å²) < 4.78 is 5.28. The molecule has 0 aromatic heterocycles. The number of allylic oxidation sites excluding steroid dienone is 1. The fourth-order valence-corrected chi connectivity index (χ4v) is 2.89. The second kappa shape index (κ2) is 3.88. The number of rotatable bonds is 1. The van der Waals surface area contributed by atoms with Crippen LogP contribution in [-0.2, 0) is 14.4 Å². The minimum atomic E-state index is -1.34. The van der Waals surface area contributed by atoms with Crippen molar-refractivity contribution in [2.45, 2.75) is 19.3 Å². The zero-order valence-electron chi connectivity index (χ0n) is 10.4. The molecule has 0 saturated carbocycles. The van der Waals surface area contributed by atoms with Crippen molar-refractivity contribution in [1.29, 1.82) is 0 Å². The zero-order chi connectivity index (χ0) is 13.6. The first-order valence-electron chi connectivity index (χ1n) is 6.10. The van der Waals surface area contributed by atoms with Gasteiger partial charge in [0.1, 0.15) is 5.75 Å². The predicted octanol–water partition coefficient (Wildman–Crippen LogP) is 1.79. The van der Waals surface area contributed by atoms with Gasteiger partial charge in [0.25, 0.3) is 0 Å². The van der Waals surface area contributed by atoms with Crippen molar-refractivity contribution in [2.75, 3.05) is 0 Å². The molecule has 0 fully saturated rings. The van der Waals surface area contributed by atoms with E-state index in [1.165, 1.54) is 19.1 Å². The molecule has 0 N–H and O–H groups in total. The number of ether oxygens (including phenoxy) is 1. The van der Waals surface area contributed by atoms with Crippen LogP contribution in [0.15, 0.2) is 36.4 Å². The second-order valence-corrected chi connectivity index (χ2v) is 4.91. The van der Waals surface area contributed by atoms with E-state index in [-0.39, 0.29) is 18.0 Å². The molecule has 0 amide bonds. The molecule has 1 aliphatic carbocycles. The van der Waals surface area contributed by atoms with Crippen molar-refractivity contribution >= 4 is 17.5 Å². The number of benzene rings is 1. The Hall–Kier alpha value is -2.23. The maximum Gasteiger partial charge on any atom is 0.329 e. The highest BCUT2D eigenvalue weighted by Gasteiger charge is 2.55. The van der Waals surface area contributed by atoms with Gasteiger partial charge in [-0.1, -0.05) is 24.3 Å². The van der Waals surface area contributed by atoms with Crippen molar-refractivity contribution < 1.29 is 19.1 Å². The fourth-order valence-electron chi connectivity index (χ4n) is 2.89. The van der Waals surface area contributed by atoms with Crippen LogP contribution in [0.4, 0.5) is 0 Å². The third-order valence-corrected chi connectivity index (χ3v) is 3.90. The summed E-state index contributed by atoms with van der Waals surface area (Å²) in [5, 5.41) is 0. The molecule has 0 radical (unpaired) electrons. The van der Waals surface area contributed by atoms with Gasteiger partial charge in [0.05, 0.1) is 0 Å². The first-order valence-corrected chi connectivity index (χ1v) is 6.10. The summed E-state index contributed by atoms with van der Waals surface area (Å²) in [5.41, 5.74) is -0.600. The van der Waals surface area contributed by atoms with Crippen molar-refractivity contribution in [3.05, 3.63) is 42.0 Å². The molecule has 1 aromatic rings. The van der Waals surface area contributed by atoms with Crippen LogP contribution < -0.4 is 4.74 Å². The molecule has 1 heterocycles. The van der Waals surface area contributed by atoms with Gasteiger partial charge >= 0.3 is 5.97 Å². The first kappa shape index (κ1) is 11.8. The summed E-state index contributed by atoms with van der Waals surface area (Å²) in [7, 11) is 0. The van der Waals surface area contributed by atoms with E-state index in [4.69, 9.17) is 4.74 Å². The lowest BCUT2D eigenvalue weighted by Gasteiger charge is -2.40. The topological polar surface area (TPSA) is 60.4 Å². The van der Waals surface area contributed by atoms with Gasteiger partial charge in [-0.05, 0) is 19.1 Å². The molecule has 0 saturated heterocycles. The third-order valence-electron chi connectivity index (χ3n) is 3.90. The number of para-hydroxylation sites is 1. The zero-order valence-corrected chi connectivity index (χ0v) is 10.4. The molecule has 2 atom stereocenters. The Kier molecular flexibility index (Phi) is 2.42. The molecule has 96 valence electrons. The standard InChI is InChI=1S/C15H12O4/c1-9(16)15-7-6-10(17)8-12(15)11-4-2-3-5-13(11)19-14(15)18/h2-7,12H,8H2,1H3. The Morgan fingerprint density at radius 1 is 1.32 bits per heavy atom. The van der Waals surface area contributed by atoms with E-state index in [1.54, 1.807) is 18.2 Å². The fraction of sp³-hybridized carbons (Fsp3) is 0.267. The second-order valence-electron chi connectivity index (χ2n) is 4.91. The molecule has 4 nitrogen and oxygen atoms in total. The summed E-state index contributed by atoms with van der Waals surface area (Å²) >= 11 is 0. The summed E-state index contributed by atoms with van der Waals surface area (Å²) in [6.45, 7) is 1.36. The number of ketones is 2. The first-order chi connectivity index (χ1) is 9.05. The highest BCUT2D eigenvalue weighted by Crippen LogP contribution is 2.50. The van der Waals surface area contributed by atoms with E-state index in [2.05, 4.69) is 0 Å². The van der Waals surface area contributed by atoms with Crippen LogP contribution >= 0.6 is 0 Å². The van der Waals surface area contributed by atoms with E-state index < -0.39 is 17.3 Å². The van der Waals surface area contributed by atoms with Crippen LogP contribution in [-0.4, -0.2) is 17.5 Å². The normalized spacial score (nSPS) is 28.4. The lowest BCUT2D eigenvalue weighted by Crippen LogP contribution is -2.49. The summed E-state index contributed by atoms with van der Waals surface area (Å²) in [4.78, 5) is 35.9. The molecule has 4 heteroatoms. The molecule has 19 heavy (non-hydrogen) atoms. The quantitative estimate of drug-likeness (QED) is 0.436. The average Bonchev–Trinajstić information content (AvgIpc) is 2.38. The number of esters is 1. The molecule has 0 bridgehead atoms. The summed E-state index contributed by atoms with van der Waals surface area (Å²) in [6.07, 6.45) is 2.87. The maximum atomic E-state index is 12.3. The van der Waals surface area contributed by atoms with Gasteiger partial charge in [-0.25, -0.2) is 0 Å². The monoisotopic (exact) mass is 256 g/mol. The number of hydrogen-bond donors (Lipinski definition) is 0. The van der Waals surface area contributed by atoms with Crippen LogP contribution in [0.3, 0.4) is 0 Å². The number of carbonyl (C=O) groups excluding carboxylic acids is 3. The molecular formula is C15H12O4. The molecule has 0 spiro atoms. The Bertz CT molecular complexity index is 629. The van der Waals surface area contributed by atoms with E-state index in [0.717, 1.165) is 5.56 Å². The SMILES string of the molecule is CC(=O)C12C=CC(=O)CC1c1ccccc1OC2=O. The van der Waals surface area contributed by atoms with Gasteiger partial charge in [-0.3, -0.25) is 14.4 Å². The number of Topliss-reactive ketones (excluding diaryl/α,β-unsaturated/α-hetero) is 1. The van der Waals surface area contributed by atoms with Gasteiger partial charge in [0.2, 0.25) is 0 Å². The van der Waals surface area contributed by atoms with Crippen molar-refractivity contribution in [1.82, 2.24) is 0 Å². The Morgan fingerprint density at radius 2 is 2.05 bits per heavy atom. The predicted molar refractivity (Wildman–Crippen MR) is 66.7 cm³/mol. The van der Waals surface area contributed by atoms with Crippen LogP contribution in [0.25, 0.3) is 0 Å². The van der Waals surface area contributed by atoms with Crippen LogP contribution in [0.1, 0.15) is 24.8 Å². The van der Waals surface area contributed by atoms with Crippen LogP contribution in [0.2, 0.25) is 0 Å². The lowest BCUT2D eigenvalue weighted by atomic mass is 9.63. The van der Waals surface area contributed by atoms with E-state index >= 15 is 0 Å². The van der Waals surface area contributed by atoms with Crippen molar-refractivity contribution in [3.63, 3.8) is 0 Å². The highest BCUT2D eigenvalue weighted by atomic mass is 16.5. The largest absolute Gasteiger partial charge is 0.425 e. The molecule has 2 unspecified atom stereocenters. The molecular weight excluding hydrogens is 244 g/mol.